The van der Waals surface area contributed by atoms with E-state index in [0.717, 1.165) is 49.1 Å². The van der Waals surface area contributed by atoms with Crippen molar-refractivity contribution in [2.24, 2.45) is 17.8 Å². The number of anilines is 1. The highest BCUT2D eigenvalue weighted by molar-refractivity contribution is 7.90. The zero-order valence-corrected chi connectivity index (χ0v) is 28.8. The lowest BCUT2D eigenvalue weighted by Gasteiger charge is -2.55. The number of hydrogen-bond acceptors (Lipinski definition) is 8. The van der Waals surface area contributed by atoms with Gasteiger partial charge in [-0.25, -0.2) is 13.1 Å². The van der Waals surface area contributed by atoms with Crippen LogP contribution in [0, 0.1) is 17.8 Å². The number of halogens is 1. The number of sulfonamides is 1. The molecule has 11 heteroatoms. The van der Waals surface area contributed by atoms with Crippen molar-refractivity contribution in [2.75, 3.05) is 37.8 Å². The summed E-state index contributed by atoms with van der Waals surface area (Å²) in [6.07, 6.45) is 6.92. The predicted octanol–water partition coefficient (Wildman–Crippen LogP) is 5.46. The van der Waals surface area contributed by atoms with Crippen LogP contribution in [0.25, 0.3) is 0 Å². The topological polar surface area (TPSA) is 111 Å². The summed E-state index contributed by atoms with van der Waals surface area (Å²) in [5, 5.41) is -0.0717. The minimum Gasteiger partial charge on any atom is -0.490 e. The highest BCUT2D eigenvalue weighted by Gasteiger charge is 2.55. The molecule has 254 valence electrons. The fourth-order valence-electron chi connectivity index (χ4n) is 8.99. The Morgan fingerprint density at radius 1 is 1.04 bits per heavy atom. The second-order valence-corrected chi connectivity index (χ2v) is 17.0. The number of benzene rings is 2. The molecule has 0 aromatic heterocycles. The van der Waals surface area contributed by atoms with Crippen LogP contribution < -0.4 is 14.4 Å². The fourth-order valence-corrected chi connectivity index (χ4v) is 10.5. The molecule has 2 aromatic carbocycles. The Bertz CT molecular complexity index is 1650. The summed E-state index contributed by atoms with van der Waals surface area (Å²) in [6.45, 7) is 6.16. The molecule has 5 aliphatic rings. The van der Waals surface area contributed by atoms with Gasteiger partial charge in [0.2, 0.25) is 10.0 Å². The number of ether oxygens (including phenoxy) is 3. The number of hydrogen-bond donors (Lipinski definition) is 1. The second-order valence-electron chi connectivity index (χ2n) is 14.5. The van der Waals surface area contributed by atoms with Crippen LogP contribution in [-0.4, -0.2) is 70.5 Å². The molecular formula is C36H45ClN2O7S. The van der Waals surface area contributed by atoms with Gasteiger partial charge in [0, 0.05) is 29.1 Å². The van der Waals surface area contributed by atoms with Gasteiger partial charge in [-0.2, -0.15) is 0 Å². The summed E-state index contributed by atoms with van der Waals surface area (Å²) >= 11 is 6.44. The van der Waals surface area contributed by atoms with Crippen LogP contribution in [0.3, 0.4) is 0 Å². The average Bonchev–Trinajstić information content (AvgIpc) is 3.19. The largest absolute Gasteiger partial charge is 0.490 e. The number of rotatable bonds is 1. The first-order chi connectivity index (χ1) is 22.5. The number of aldehydes is 1. The maximum absolute atomic E-state index is 13.5. The molecule has 3 aliphatic heterocycles. The summed E-state index contributed by atoms with van der Waals surface area (Å²) in [5.41, 5.74) is 2.45. The van der Waals surface area contributed by atoms with E-state index in [4.69, 9.17) is 25.8 Å². The van der Waals surface area contributed by atoms with Crippen LogP contribution in [0.5, 0.6) is 5.75 Å². The van der Waals surface area contributed by atoms with Gasteiger partial charge in [-0.15, -0.1) is 0 Å². The molecule has 2 fully saturated rings. The zero-order chi connectivity index (χ0) is 33.0. The van der Waals surface area contributed by atoms with Crippen molar-refractivity contribution in [3.05, 3.63) is 58.1 Å². The highest BCUT2D eigenvalue weighted by atomic mass is 35.5. The molecular weight excluding hydrogens is 640 g/mol. The van der Waals surface area contributed by atoms with E-state index >= 15 is 0 Å². The van der Waals surface area contributed by atoms with E-state index in [1.165, 1.54) is 11.1 Å². The van der Waals surface area contributed by atoms with Gasteiger partial charge >= 0.3 is 0 Å². The van der Waals surface area contributed by atoms with Crippen molar-refractivity contribution >= 4 is 39.5 Å². The first-order valence-corrected chi connectivity index (χ1v) is 19.1. The molecule has 7 rings (SSSR count). The van der Waals surface area contributed by atoms with Crippen LogP contribution in [0.4, 0.5) is 5.69 Å². The molecule has 2 bridgehead atoms. The third kappa shape index (κ3) is 5.87. The first-order valence-electron chi connectivity index (χ1n) is 17.1. The molecule has 0 radical (unpaired) electrons. The Morgan fingerprint density at radius 3 is 2.68 bits per heavy atom. The normalized spacial score (nSPS) is 35.4. The zero-order valence-electron chi connectivity index (χ0n) is 27.2. The minimum atomic E-state index is -3.96. The smallest absolute Gasteiger partial charge is 0.264 e. The molecule has 7 atom stereocenters. The molecule has 1 saturated heterocycles. The number of fused-ring (bicyclic) bond motifs is 5. The van der Waals surface area contributed by atoms with Crippen LogP contribution in [0.2, 0.25) is 5.02 Å². The van der Waals surface area contributed by atoms with Crippen LogP contribution in [0.1, 0.15) is 80.3 Å². The molecule has 2 spiro atoms. The fraction of sp³-hybridized carbons (Fsp3) is 0.611. The Kier molecular flexibility index (Phi) is 8.85. The standard InChI is InChI=1S/C36H45ClN2O7S/c1-23-5-3-14-36(33(20-40)44-15-16-46-36)30-10-7-27(30)19-39-21-35(13-4-6-25-17-28(37)9-11-29(25)35)22-45-32-12-8-26(18-31(32)39)34(41)38-47(42,43)24(23)2/h8-9,11-12,17-18,20,23-24,27,30,33H,3-7,10,13-16,19,21-22H2,1-2H3,(H,38,41)/t23-,24+,27-,30+,33-,35-,36-/m0/s1. The monoisotopic (exact) mass is 684 g/mol. The van der Waals surface area contributed by atoms with Gasteiger partial charge in [0.1, 0.15) is 17.5 Å². The molecule has 1 saturated carbocycles. The third-order valence-electron chi connectivity index (χ3n) is 11.9. The van der Waals surface area contributed by atoms with Crippen molar-refractivity contribution in [3.63, 3.8) is 0 Å². The van der Waals surface area contributed by atoms with Gasteiger partial charge in [-0.05, 0) is 111 Å². The van der Waals surface area contributed by atoms with Crippen LogP contribution in [0.15, 0.2) is 36.4 Å². The highest BCUT2D eigenvalue weighted by Crippen LogP contribution is 2.51. The van der Waals surface area contributed by atoms with Crippen molar-refractivity contribution in [3.8, 4) is 5.75 Å². The van der Waals surface area contributed by atoms with E-state index < -0.39 is 32.9 Å². The lowest BCUT2D eigenvalue weighted by atomic mass is 9.61. The number of amides is 1. The average molecular weight is 685 g/mol. The summed E-state index contributed by atoms with van der Waals surface area (Å²) in [4.78, 5) is 28.4. The van der Waals surface area contributed by atoms with Crippen molar-refractivity contribution in [2.45, 2.75) is 87.6 Å². The Labute approximate surface area is 282 Å². The number of aryl methyl sites for hydroxylation is 1. The van der Waals surface area contributed by atoms with Crippen LogP contribution >= 0.6 is 11.6 Å². The second kappa shape index (κ2) is 12.7. The lowest BCUT2D eigenvalue weighted by molar-refractivity contribution is -0.240. The van der Waals surface area contributed by atoms with Gasteiger partial charge < -0.3 is 23.9 Å². The molecule has 1 amide bonds. The van der Waals surface area contributed by atoms with Gasteiger partial charge in [0.25, 0.3) is 5.91 Å². The van der Waals surface area contributed by atoms with Crippen molar-refractivity contribution < 1.29 is 32.2 Å². The van der Waals surface area contributed by atoms with Crippen LogP contribution in [-0.2, 0) is 36.1 Å². The van der Waals surface area contributed by atoms with E-state index in [0.29, 0.717) is 57.9 Å². The van der Waals surface area contributed by atoms with E-state index in [2.05, 4.69) is 21.8 Å². The van der Waals surface area contributed by atoms with Gasteiger partial charge in [-0.3, -0.25) is 4.79 Å². The van der Waals surface area contributed by atoms with Gasteiger partial charge in [-0.1, -0.05) is 31.0 Å². The van der Waals surface area contributed by atoms with E-state index in [9.17, 15) is 18.0 Å². The minimum absolute atomic E-state index is 0.0925. The molecule has 2 aromatic rings. The SMILES string of the molecule is C[C@@H]1[C@@H](C)CCC[C@]2(OCCO[C@H]2C=O)[C@@H]2CC[C@H]2CN2C[C@@]3(CCCc4cc(Cl)ccc43)COc3ccc(cc32)C(=O)NS1(=O)=O. The maximum Gasteiger partial charge on any atom is 0.264 e. The Hall–Kier alpha value is -2.66. The lowest BCUT2D eigenvalue weighted by Crippen LogP contribution is -2.62. The van der Waals surface area contributed by atoms with Gasteiger partial charge in [0.15, 0.2) is 6.29 Å². The van der Waals surface area contributed by atoms with E-state index in [1.54, 1.807) is 25.1 Å². The quantitative estimate of drug-likeness (QED) is 0.395. The molecule has 2 aliphatic carbocycles. The van der Waals surface area contributed by atoms with Crippen molar-refractivity contribution in [1.29, 1.82) is 0 Å². The summed E-state index contributed by atoms with van der Waals surface area (Å²) in [5.74, 6) is 0.117. The number of carbonyl (C=O) groups is 2. The first kappa shape index (κ1) is 32.9. The molecule has 0 unspecified atom stereocenters. The molecule has 3 heterocycles. The summed E-state index contributed by atoms with van der Waals surface area (Å²) in [6, 6.07) is 11.4. The Morgan fingerprint density at radius 2 is 1.89 bits per heavy atom. The van der Waals surface area contributed by atoms with Crippen molar-refractivity contribution in [1.82, 2.24) is 4.72 Å². The van der Waals surface area contributed by atoms with E-state index in [-0.39, 0.29) is 28.7 Å². The molecule has 47 heavy (non-hydrogen) atoms. The van der Waals surface area contributed by atoms with E-state index in [1.807, 2.05) is 13.0 Å². The number of nitrogens with zero attached hydrogens (tertiary/aromatic N) is 1. The van der Waals surface area contributed by atoms with Gasteiger partial charge in [0.05, 0.1) is 30.8 Å². The molecule has 9 nitrogen and oxygen atoms in total. The predicted molar refractivity (Wildman–Crippen MR) is 180 cm³/mol. The summed E-state index contributed by atoms with van der Waals surface area (Å²) in [7, 11) is -3.96. The molecule has 1 N–H and O–H groups in total. The Balaban J connectivity index is 1.33. The third-order valence-corrected chi connectivity index (χ3v) is 14.1. The summed E-state index contributed by atoms with van der Waals surface area (Å²) < 4.78 is 48.5. The number of nitrogens with one attached hydrogen (secondary N) is 1. The number of carbonyl (C=O) groups excluding carboxylic acids is 2. The maximum atomic E-state index is 13.5.